The summed E-state index contributed by atoms with van der Waals surface area (Å²) in [5.41, 5.74) is -2.49. The lowest BCUT2D eigenvalue weighted by Gasteiger charge is -2.71. The van der Waals surface area contributed by atoms with E-state index < -0.39 is 103 Å². The first-order valence-corrected chi connectivity index (χ1v) is 21.5. The Balaban J connectivity index is 1.26. The van der Waals surface area contributed by atoms with E-state index in [-0.39, 0.29) is 52.0 Å². The summed E-state index contributed by atoms with van der Waals surface area (Å²) in [5, 5.41) is 86.9. The Kier molecular flexibility index (Phi) is 11.6. The van der Waals surface area contributed by atoms with Gasteiger partial charge in [0.25, 0.3) is 0 Å². The molecule has 0 amide bonds. The number of hydrogen-bond acceptors (Lipinski definition) is 14. The largest absolute Gasteiger partial charge is 0.394 e. The Labute approximate surface area is 337 Å². The van der Waals surface area contributed by atoms with Gasteiger partial charge in [0.05, 0.1) is 37.1 Å². The van der Waals surface area contributed by atoms with E-state index in [9.17, 15) is 45.6 Å². The van der Waals surface area contributed by atoms with Gasteiger partial charge in [0.15, 0.2) is 12.6 Å². The Morgan fingerprint density at radius 1 is 0.737 bits per heavy atom. The lowest BCUT2D eigenvalue weighted by molar-refractivity contribution is -0.381. The van der Waals surface area contributed by atoms with Crippen molar-refractivity contribution in [3.8, 4) is 0 Å². The molecule has 0 aromatic heterocycles. The van der Waals surface area contributed by atoms with Crippen LogP contribution >= 0.6 is 0 Å². The zero-order chi connectivity index (χ0) is 42.0. The van der Waals surface area contributed by atoms with Crippen LogP contribution in [0.15, 0.2) is 0 Å². The SMILES string of the molecule is CC1(C)C(=O)CC[C@@]2(C)C1[C@@H](O[C@H]1OC(CO)[C@H](O)C(O)[C@H]1O[C@H]1OC(CO)[C@H](O)C(O)[C@H]1O)C[C@]1(C)C2C[C@@H](O)C2C([C@]3(C)CC[C@H](C(C)(C)C)O3)CC[C@]21C. The second-order valence-electron chi connectivity index (χ2n) is 21.7. The number of carbonyl (C=O) groups excluding carboxylic acids is 1. The van der Waals surface area contributed by atoms with Crippen molar-refractivity contribution in [2.24, 2.45) is 50.7 Å². The van der Waals surface area contributed by atoms with Crippen LogP contribution in [-0.4, -0.2) is 145 Å². The van der Waals surface area contributed by atoms with Gasteiger partial charge in [0.2, 0.25) is 0 Å². The summed E-state index contributed by atoms with van der Waals surface area (Å²) in [7, 11) is 0. The number of hydrogen-bond donors (Lipinski definition) is 8. The van der Waals surface area contributed by atoms with Crippen molar-refractivity contribution in [2.75, 3.05) is 13.2 Å². The van der Waals surface area contributed by atoms with Crippen molar-refractivity contribution in [3.05, 3.63) is 0 Å². The summed E-state index contributed by atoms with van der Waals surface area (Å²) in [4.78, 5) is 13.9. The number of Topliss-reactive ketones (excluding diaryl/α,β-unsaturated/α-hetero) is 1. The van der Waals surface area contributed by atoms with Crippen LogP contribution in [-0.2, 0) is 28.5 Å². The lowest BCUT2D eigenvalue weighted by Crippen LogP contribution is -2.71. The Bertz CT molecular complexity index is 1490. The monoisotopic (exact) mass is 812 g/mol. The molecule has 4 saturated carbocycles. The van der Waals surface area contributed by atoms with E-state index in [1.807, 2.05) is 13.8 Å². The van der Waals surface area contributed by atoms with Gasteiger partial charge in [-0.25, -0.2) is 0 Å². The average molecular weight is 813 g/mol. The fourth-order valence-electron chi connectivity index (χ4n) is 14.1. The maximum Gasteiger partial charge on any atom is 0.187 e. The van der Waals surface area contributed by atoms with Gasteiger partial charge in [-0.15, -0.1) is 0 Å². The molecule has 0 radical (unpaired) electrons. The molecular formula is C43H72O14. The highest BCUT2D eigenvalue weighted by Crippen LogP contribution is 2.76. The van der Waals surface area contributed by atoms with Crippen molar-refractivity contribution in [3.63, 3.8) is 0 Å². The van der Waals surface area contributed by atoms with Gasteiger partial charge < -0.3 is 64.5 Å². The van der Waals surface area contributed by atoms with Crippen LogP contribution in [0.3, 0.4) is 0 Å². The molecule has 14 heteroatoms. The molecule has 57 heavy (non-hydrogen) atoms. The minimum absolute atomic E-state index is 0.00507. The van der Waals surface area contributed by atoms with E-state index in [2.05, 4.69) is 48.5 Å². The molecule has 7 aliphatic rings. The van der Waals surface area contributed by atoms with Gasteiger partial charge in [-0.2, -0.15) is 0 Å². The summed E-state index contributed by atoms with van der Waals surface area (Å²) >= 11 is 0. The van der Waals surface area contributed by atoms with Crippen LogP contribution in [0.2, 0.25) is 0 Å². The molecule has 7 fully saturated rings. The summed E-state index contributed by atoms with van der Waals surface area (Å²) in [6.45, 7) is 18.3. The highest BCUT2D eigenvalue weighted by atomic mass is 16.8. The first-order valence-electron chi connectivity index (χ1n) is 21.5. The minimum Gasteiger partial charge on any atom is -0.394 e. The lowest BCUT2D eigenvalue weighted by atomic mass is 9.34. The maximum absolute atomic E-state index is 13.9. The standard InChI is InChI=1S/C43H72O14/c1-38(2,3)27-12-15-43(9,57-27)20-10-14-41(7)28(20)21(46)16-25-40(6)13-11-26(47)39(4,5)35(40)22(17-42(25,41)8)53-37-34(32(51)30(49)24(19-45)55-37)56-36-33(52)31(50)29(48)23(18-44)54-36/h20-25,27-37,44-46,48-52H,10-19H2,1-9H3/t20?,21-,22+,23?,24?,25?,27-,28?,29+,30+,31?,32?,33-,34-,35?,36-,37+,40-,41-,42-,43+/m1/s1. The van der Waals surface area contributed by atoms with Crippen molar-refractivity contribution >= 4 is 5.78 Å². The van der Waals surface area contributed by atoms with Crippen molar-refractivity contribution in [1.29, 1.82) is 0 Å². The summed E-state index contributed by atoms with van der Waals surface area (Å²) in [6, 6.07) is 0. The van der Waals surface area contributed by atoms with Crippen LogP contribution in [0, 0.1) is 50.7 Å². The predicted molar refractivity (Wildman–Crippen MR) is 204 cm³/mol. The van der Waals surface area contributed by atoms with Crippen LogP contribution in [0.4, 0.5) is 0 Å². The molecule has 0 aromatic rings. The first-order chi connectivity index (χ1) is 26.4. The third kappa shape index (κ3) is 6.73. The summed E-state index contributed by atoms with van der Waals surface area (Å²) in [5.74, 6) is -0.152. The first kappa shape index (κ1) is 44.2. The van der Waals surface area contributed by atoms with Gasteiger partial charge in [0.1, 0.15) is 54.6 Å². The molecule has 3 saturated heterocycles. The third-order valence-electron chi connectivity index (χ3n) is 17.3. The fraction of sp³-hybridized carbons (Fsp3) is 0.977. The van der Waals surface area contributed by atoms with E-state index >= 15 is 0 Å². The molecule has 7 rings (SSSR count). The molecular weight excluding hydrogens is 740 g/mol. The molecule has 0 bridgehead atoms. The van der Waals surface area contributed by atoms with Gasteiger partial charge >= 0.3 is 0 Å². The van der Waals surface area contributed by atoms with Gasteiger partial charge in [0, 0.05) is 17.8 Å². The Morgan fingerprint density at radius 2 is 1.35 bits per heavy atom. The molecule has 14 nitrogen and oxygen atoms in total. The number of rotatable bonds is 7. The van der Waals surface area contributed by atoms with Crippen LogP contribution in [0.5, 0.6) is 0 Å². The van der Waals surface area contributed by atoms with E-state index in [4.69, 9.17) is 23.7 Å². The number of ether oxygens (including phenoxy) is 5. The zero-order valence-electron chi connectivity index (χ0n) is 35.4. The van der Waals surface area contributed by atoms with Gasteiger partial charge in [-0.1, -0.05) is 55.4 Å². The highest BCUT2D eigenvalue weighted by molar-refractivity contribution is 5.85. The highest BCUT2D eigenvalue weighted by Gasteiger charge is 2.74. The number of ketones is 1. The fourth-order valence-corrected chi connectivity index (χ4v) is 14.1. The van der Waals surface area contributed by atoms with Gasteiger partial charge in [-0.05, 0) is 91.3 Å². The molecule has 8 N–H and O–H groups in total. The average Bonchev–Trinajstić information content (AvgIpc) is 3.73. The van der Waals surface area contributed by atoms with E-state index in [1.165, 1.54) is 0 Å². The molecule has 3 heterocycles. The van der Waals surface area contributed by atoms with E-state index in [0.717, 1.165) is 25.7 Å². The molecule has 0 spiro atoms. The molecule has 21 atom stereocenters. The minimum atomic E-state index is -1.80. The summed E-state index contributed by atoms with van der Waals surface area (Å²) in [6.07, 6.45) is -11.2. The molecule has 3 aliphatic heterocycles. The second-order valence-corrected chi connectivity index (χ2v) is 21.7. The topological polar surface area (TPSA) is 225 Å². The smallest absolute Gasteiger partial charge is 0.187 e. The number of carbonyl (C=O) groups is 1. The molecule has 328 valence electrons. The van der Waals surface area contributed by atoms with Crippen LogP contribution in [0.1, 0.15) is 114 Å². The van der Waals surface area contributed by atoms with Crippen molar-refractivity contribution in [2.45, 2.75) is 199 Å². The quantitative estimate of drug-likeness (QED) is 0.172. The Morgan fingerprint density at radius 3 is 1.95 bits per heavy atom. The molecule has 4 aliphatic carbocycles. The van der Waals surface area contributed by atoms with Crippen molar-refractivity contribution in [1.82, 2.24) is 0 Å². The number of aliphatic hydroxyl groups is 8. The third-order valence-corrected chi connectivity index (χ3v) is 17.3. The normalized spacial score (nSPS) is 55.2. The van der Waals surface area contributed by atoms with Gasteiger partial charge in [-0.3, -0.25) is 4.79 Å². The van der Waals surface area contributed by atoms with Crippen molar-refractivity contribution < 1.29 is 69.3 Å². The van der Waals surface area contributed by atoms with Crippen LogP contribution < -0.4 is 0 Å². The van der Waals surface area contributed by atoms with E-state index in [0.29, 0.717) is 25.7 Å². The number of aliphatic hydroxyl groups excluding tert-OH is 8. The predicted octanol–water partition coefficient (Wildman–Crippen LogP) is 1.81. The Hall–Kier alpha value is -0.850. The number of fused-ring (bicyclic) bond motifs is 5. The zero-order valence-corrected chi connectivity index (χ0v) is 35.4. The van der Waals surface area contributed by atoms with E-state index in [1.54, 1.807) is 0 Å². The van der Waals surface area contributed by atoms with Crippen LogP contribution in [0.25, 0.3) is 0 Å². The second kappa shape index (κ2) is 14.9. The molecule has 0 aromatic carbocycles. The summed E-state index contributed by atoms with van der Waals surface area (Å²) < 4.78 is 32.0. The maximum atomic E-state index is 13.9. The molecule has 8 unspecified atom stereocenters.